The lowest BCUT2D eigenvalue weighted by atomic mass is 10.1. The van der Waals surface area contributed by atoms with Crippen LogP contribution in [0.2, 0.25) is 5.02 Å². The molecule has 1 heterocycles. The van der Waals surface area contributed by atoms with Gasteiger partial charge in [0.2, 0.25) is 0 Å². The van der Waals surface area contributed by atoms with E-state index in [4.69, 9.17) is 16.3 Å². The van der Waals surface area contributed by atoms with Gasteiger partial charge in [-0.25, -0.2) is 9.37 Å². The Morgan fingerprint density at radius 3 is 2.50 bits per heavy atom. The molecular weight excluding hydrogens is 455 g/mol. The predicted octanol–water partition coefficient (Wildman–Crippen LogP) is 5.72. The number of amides is 1. The number of ether oxygens (including phenoxy) is 1. The summed E-state index contributed by atoms with van der Waals surface area (Å²) in [6.07, 6.45) is 1.54. The number of carbonyl (C=O) groups excluding carboxylic acids is 2. The van der Waals surface area contributed by atoms with Gasteiger partial charge in [-0.15, -0.1) is 0 Å². The van der Waals surface area contributed by atoms with Gasteiger partial charge in [0.05, 0.1) is 17.0 Å². The van der Waals surface area contributed by atoms with E-state index in [1.165, 1.54) is 18.3 Å². The summed E-state index contributed by atoms with van der Waals surface area (Å²) in [6.45, 7) is 7.16. The molecule has 2 aromatic carbocycles. The number of anilines is 1. The van der Waals surface area contributed by atoms with Crippen LogP contribution in [0.3, 0.4) is 0 Å². The van der Waals surface area contributed by atoms with Crippen LogP contribution < -0.4 is 5.32 Å². The summed E-state index contributed by atoms with van der Waals surface area (Å²) in [7, 11) is 0. The molecule has 7 heteroatoms. The average Bonchev–Trinajstić information content (AvgIpc) is 2.74. The summed E-state index contributed by atoms with van der Waals surface area (Å²) in [6, 6.07) is 12.6. The minimum atomic E-state index is -0.596. The number of rotatable bonds is 4. The molecule has 0 bridgehead atoms. The minimum Gasteiger partial charge on any atom is -0.460 e. The molecule has 0 aliphatic heterocycles. The number of hydrogen-bond donors (Lipinski definition) is 1. The van der Waals surface area contributed by atoms with Gasteiger partial charge in [0, 0.05) is 17.3 Å². The van der Waals surface area contributed by atoms with Crippen molar-refractivity contribution in [3.05, 3.63) is 93.4 Å². The van der Waals surface area contributed by atoms with Crippen molar-refractivity contribution in [2.75, 3.05) is 5.32 Å². The largest absolute Gasteiger partial charge is 0.460 e. The zero-order valence-corrected chi connectivity index (χ0v) is 20.1. The van der Waals surface area contributed by atoms with Crippen molar-refractivity contribution in [1.82, 2.24) is 4.98 Å². The first kappa shape index (κ1) is 24.9. The van der Waals surface area contributed by atoms with Gasteiger partial charge in [-0.2, -0.15) is 0 Å². The smallest absolute Gasteiger partial charge is 0.310 e. The monoisotopic (exact) mass is 478 g/mol. The van der Waals surface area contributed by atoms with Crippen LogP contribution >= 0.6 is 11.6 Å². The second-order valence-corrected chi connectivity index (χ2v) is 9.09. The standard InChI is InChI=1S/C27H24ClFN2O3/c1-17-12-20(9-8-18-6-5-7-21(29)13-18)16-30-25(17)31-26(33)22-14-19(10-11-23(22)28)15-24(32)34-27(2,3)4/h5-7,10-14,16H,15H2,1-4H3,(H,30,31,33). The van der Waals surface area contributed by atoms with Gasteiger partial charge in [-0.3, -0.25) is 9.59 Å². The molecule has 0 unspecified atom stereocenters. The molecule has 5 nitrogen and oxygen atoms in total. The highest BCUT2D eigenvalue weighted by molar-refractivity contribution is 6.34. The van der Waals surface area contributed by atoms with Gasteiger partial charge in [0.1, 0.15) is 17.2 Å². The maximum Gasteiger partial charge on any atom is 0.310 e. The summed E-state index contributed by atoms with van der Waals surface area (Å²) in [5, 5.41) is 3.00. The fourth-order valence-electron chi connectivity index (χ4n) is 3.06. The van der Waals surface area contributed by atoms with Crippen molar-refractivity contribution in [2.45, 2.75) is 39.7 Å². The summed E-state index contributed by atoms with van der Waals surface area (Å²) in [4.78, 5) is 29.3. The van der Waals surface area contributed by atoms with Crippen LogP contribution in [0.5, 0.6) is 0 Å². The van der Waals surface area contributed by atoms with Crippen LogP contribution in [0.4, 0.5) is 10.2 Å². The zero-order valence-electron chi connectivity index (χ0n) is 19.3. The van der Waals surface area contributed by atoms with Crippen LogP contribution in [0.15, 0.2) is 54.7 Å². The molecule has 0 aliphatic carbocycles. The molecule has 0 aliphatic rings. The molecular formula is C27H24ClFN2O3. The fraction of sp³-hybridized carbons (Fsp3) is 0.222. The number of aryl methyl sites for hydroxylation is 1. The molecule has 174 valence electrons. The van der Waals surface area contributed by atoms with Crippen molar-refractivity contribution < 1.29 is 18.7 Å². The number of carbonyl (C=O) groups is 2. The second-order valence-electron chi connectivity index (χ2n) is 8.68. The van der Waals surface area contributed by atoms with E-state index in [1.54, 1.807) is 64.1 Å². The van der Waals surface area contributed by atoms with E-state index in [-0.39, 0.29) is 22.8 Å². The first-order valence-electron chi connectivity index (χ1n) is 10.6. The molecule has 3 aromatic rings. The Labute approximate surface area is 203 Å². The second kappa shape index (κ2) is 10.5. The van der Waals surface area contributed by atoms with Crippen LogP contribution in [-0.4, -0.2) is 22.5 Å². The molecule has 1 N–H and O–H groups in total. The lowest BCUT2D eigenvalue weighted by Gasteiger charge is -2.19. The lowest BCUT2D eigenvalue weighted by Crippen LogP contribution is -2.25. The van der Waals surface area contributed by atoms with E-state index >= 15 is 0 Å². The Morgan fingerprint density at radius 1 is 1.09 bits per heavy atom. The maximum absolute atomic E-state index is 13.3. The number of benzene rings is 2. The molecule has 0 saturated heterocycles. The van der Waals surface area contributed by atoms with Crippen LogP contribution in [0, 0.1) is 24.6 Å². The van der Waals surface area contributed by atoms with Crippen LogP contribution in [0.1, 0.15) is 53.4 Å². The Morgan fingerprint density at radius 2 is 1.82 bits per heavy atom. The number of pyridine rings is 1. The Kier molecular flexibility index (Phi) is 7.70. The van der Waals surface area contributed by atoms with Gasteiger partial charge in [-0.05, 0) is 75.2 Å². The SMILES string of the molecule is Cc1cc(C#Cc2cccc(F)c2)cnc1NC(=O)c1cc(CC(=O)OC(C)(C)C)ccc1Cl. The molecule has 0 spiro atoms. The van der Waals surface area contributed by atoms with Gasteiger partial charge >= 0.3 is 5.97 Å². The number of nitrogens with zero attached hydrogens (tertiary/aromatic N) is 1. The summed E-state index contributed by atoms with van der Waals surface area (Å²) in [5.41, 5.74) is 2.10. The average molecular weight is 479 g/mol. The number of hydrogen-bond acceptors (Lipinski definition) is 4. The molecule has 3 rings (SSSR count). The van der Waals surface area contributed by atoms with Crippen molar-refractivity contribution in [1.29, 1.82) is 0 Å². The van der Waals surface area contributed by atoms with Crippen molar-refractivity contribution in [2.24, 2.45) is 0 Å². The third-order valence-electron chi connectivity index (χ3n) is 4.53. The molecule has 0 fully saturated rings. The van der Waals surface area contributed by atoms with Gasteiger partial charge in [0.15, 0.2) is 0 Å². The molecule has 34 heavy (non-hydrogen) atoms. The van der Waals surface area contributed by atoms with Crippen molar-refractivity contribution in [3.63, 3.8) is 0 Å². The van der Waals surface area contributed by atoms with E-state index in [9.17, 15) is 14.0 Å². The van der Waals surface area contributed by atoms with E-state index < -0.39 is 17.5 Å². The third kappa shape index (κ3) is 7.16. The fourth-order valence-corrected chi connectivity index (χ4v) is 3.26. The summed E-state index contributed by atoms with van der Waals surface area (Å²) < 4.78 is 18.6. The molecule has 0 radical (unpaired) electrons. The van der Waals surface area contributed by atoms with Crippen LogP contribution in [0.25, 0.3) is 0 Å². The first-order chi connectivity index (χ1) is 16.0. The number of aromatic nitrogens is 1. The molecule has 0 atom stereocenters. The van der Waals surface area contributed by atoms with Crippen LogP contribution in [-0.2, 0) is 16.0 Å². The quantitative estimate of drug-likeness (QED) is 0.384. The Bertz CT molecular complexity index is 1300. The zero-order chi connectivity index (χ0) is 24.9. The normalized spacial score (nSPS) is 10.8. The number of esters is 1. The van der Waals surface area contributed by atoms with Gasteiger partial charge < -0.3 is 10.1 Å². The van der Waals surface area contributed by atoms with E-state index in [1.807, 2.05) is 0 Å². The summed E-state index contributed by atoms with van der Waals surface area (Å²) in [5.74, 6) is 4.98. The third-order valence-corrected chi connectivity index (χ3v) is 4.86. The Balaban J connectivity index is 1.73. The molecule has 0 saturated carbocycles. The predicted molar refractivity (Wildman–Crippen MR) is 130 cm³/mol. The van der Waals surface area contributed by atoms with Gasteiger partial charge in [-0.1, -0.05) is 35.6 Å². The lowest BCUT2D eigenvalue weighted by molar-refractivity contribution is -0.153. The topological polar surface area (TPSA) is 68.3 Å². The number of nitrogens with one attached hydrogen (secondary N) is 1. The van der Waals surface area contributed by atoms with E-state index in [2.05, 4.69) is 22.1 Å². The van der Waals surface area contributed by atoms with E-state index in [0.717, 1.165) is 0 Å². The Hall–Kier alpha value is -3.69. The van der Waals surface area contributed by atoms with Gasteiger partial charge in [0.25, 0.3) is 5.91 Å². The summed E-state index contributed by atoms with van der Waals surface area (Å²) >= 11 is 6.23. The number of halogens is 2. The molecule has 1 aromatic heterocycles. The maximum atomic E-state index is 13.3. The minimum absolute atomic E-state index is 0.0185. The van der Waals surface area contributed by atoms with E-state index in [0.29, 0.717) is 28.1 Å². The highest BCUT2D eigenvalue weighted by Crippen LogP contribution is 2.21. The highest BCUT2D eigenvalue weighted by atomic mass is 35.5. The molecule has 1 amide bonds. The van der Waals surface area contributed by atoms with Crippen molar-refractivity contribution >= 4 is 29.3 Å². The highest BCUT2D eigenvalue weighted by Gasteiger charge is 2.18. The first-order valence-corrected chi connectivity index (χ1v) is 10.9. The van der Waals surface area contributed by atoms with Crippen molar-refractivity contribution in [3.8, 4) is 11.8 Å².